The van der Waals surface area contributed by atoms with Gasteiger partial charge in [0.05, 0.1) is 0 Å². The first kappa shape index (κ1) is 14.3. The van der Waals surface area contributed by atoms with Crippen molar-refractivity contribution < 1.29 is 9.53 Å². The quantitative estimate of drug-likeness (QED) is 0.535. The molecule has 0 saturated heterocycles. The standard InChI is InChI=1S/C15H26O2/c1-5-14-10-9-12(3)15(17-13(4)16)8-6-7-11(14)2/h10-12,15H,5-9H2,1-4H3/b14-10-/t11-,12?,15-/m0/s1. The van der Waals surface area contributed by atoms with Crippen molar-refractivity contribution in [3.8, 4) is 0 Å². The summed E-state index contributed by atoms with van der Waals surface area (Å²) in [7, 11) is 0. The molecule has 0 spiro atoms. The summed E-state index contributed by atoms with van der Waals surface area (Å²) in [5.41, 5.74) is 1.57. The molecule has 1 aliphatic carbocycles. The number of hydrogen-bond acceptors (Lipinski definition) is 2. The van der Waals surface area contributed by atoms with Gasteiger partial charge in [-0.3, -0.25) is 4.79 Å². The molecule has 1 aliphatic rings. The van der Waals surface area contributed by atoms with Gasteiger partial charge < -0.3 is 4.74 Å². The zero-order chi connectivity index (χ0) is 12.8. The smallest absolute Gasteiger partial charge is 0.302 e. The summed E-state index contributed by atoms with van der Waals surface area (Å²) < 4.78 is 5.43. The molecule has 17 heavy (non-hydrogen) atoms. The molecule has 0 amide bonds. The van der Waals surface area contributed by atoms with E-state index in [4.69, 9.17) is 4.74 Å². The van der Waals surface area contributed by atoms with Gasteiger partial charge in [-0.05, 0) is 43.9 Å². The van der Waals surface area contributed by atoms with Crippen molar-refractivity contribution in [3.05, 3.63) is 11.6 Å². The van der Waals surface area contributed by atoms with Crippen molar-refractivity contribution in [1.82, 2.24) is 0 Å². The first-order chi connectivity index (χ1) is 8.04. The number of hydrogen-bond donors (Lipinski definition) is 0. The largest absolute Gasteiger partial charge is 0.462 e. The van der Waals surface area contributed by atoms with E-state index >= 15 is 0 Å². The van der Waals surface area contributed by atoms with Crippen molar-refractivity contribution in [2.45, 2.75) is 65.9 Å². The molecule has 0 bridgehead atoms. The van der Waals surface area contributed by atoms with Crippen LogP contribution in [0.5, 0.6) is 0 Å². The maximum Gasteiger partial charge on any atom is 0.302 e. The van der Waals surface area contributed by atoms with Gasteiger partial charge in [0.15, 0.2) is 0 Å². The van der Waals surface area contributed by atoms with Crippen LogP contribution in [0, 0.1) is 11.8 Å². The van der Waals surface area contributed by atoms with Gasteiger partial charge in [-0.2, -0.15) is 0 Å². The Kier molecular flexibility index (Phi) is 5.73. The lowest BCUT2D eigenvalue weighted by molar-refractivity contribution is -0.149. The zero-order valence-electron chi connectivity index (χ0n) is 11.7. The third-order valence-corrected chi connectivity index (χ3v) is 3.87. The molecule has 0 aromatic heterocycles. The first-order valence-corrected chi connectivity index (χ1v) is 6.90. The fourth-order valence-corrected chi connectivity index (χ4v) is 2.67. The molecular weight excluding hydrogens is 212 g/mol. The molecule has 0 heterocycles. The second-order valence-corrected chi connectivity index (χ2v) is 5.33. The predicted molar refractivity (Wildman–Crippen MR) is 70.7 cm³/mol. The molecular formula is C15H26O2. The highest BCUT2D eigenvalue weighted by Crippen LogP contribution is 2.28. The van der Waals surface area contributed by atoms with E-state index in [2.05, 4.69) is 26.8 Å². The molecule has 1 rings (SSSR count). The fourth-order valence-electron chi connectivity index (χ4n) is 2.67. The van der Waals surface area contributed by atoms with Crippen LogP contribution in [0.15, 0.2) is 11.6 Å². The Morgan fingerprint density at radius 2 is 2.12 bits per heavy atom. The number of esters is 1. The minimum atomic E-state index is -0.145. The van der Waals surface area contributed by atoms with Crippen LogP contribution in [-0.2, 0) is 9.53 Å². The Hall–Kier alpha value is -0.790. The molecule has 0 aromatic carbocycles. The highest BCUT2D eigenvalue weighted by atomic mass is 16.5. The monoisotopic (exact) mass is 238 g/mol. The summed E-state index contributed by atoms with van der Waals surface area (Å²) in [6, 6.07) is 0. The molecule has 0 saturated carbocycles. The van der Waals surface area contributed by atoms with E-state index < -0.39 is 0 Å². The summed E-state index contributed by atoms with van der Waals surface area (Å²) in [6.07, 6.45) is 8.03. The molecule has 0 N–H and O–H groups in total. The van der Waals surface area contributed by atoms with Gasteiger partial charge in [-0.15, -0.1) is 0 Å². The Balaban J connectivity index is 2.70. The third-order valence-electron chi connectivity index (χ3n) is 3.87. The number of carbonyl (C=O) groups excluding carboxylic acids is 1. The van der Waals surface area contributed by atoms with E-state index in [0.717, 1.165) is 25.7 Å². The van der Waals surface area contributed by atoms with E-state index in [0.29, 0.717) is 11.8 Å². The van der Waals surface area contributed by atoms with Gasteiger partial charge in [-0.1, -0.05) is 32.4 Å². The van der Waals surface area contributed by atoms with E-state index in [9.17, 15) is 4.79 Å². The molecule has 0 radical (unpaired) electrons. The molecule has 1 unspecified atom stereocenters. The summed E-state index contributed by atoms with van der Waals surface area (Å²) in [6.45, 7) is 8.24. The van der Waals surface area contributed by atoms with Crippen LogP contribution < -0.4 is 0 Å². The Morgan fingerprint density at radius 1 is 1.41 bits per heavy atom. The minimum absolute atomic E-state index is 0.104. The number of allylic oxidation sites excluding steroid dienone is 2. The molecule has 98 valence electrons. The van der Waals surface area contributed by atoms with Gasteiger partial charge in [0.1, 0.15) is 6.10 Å². The van der Waals surface area contributed by atoms with Crippen LogP contribution in [0.1, 0.15) is 59.8 Å². The van der Waals surface area contributed by atoms with Crippen LogP contribution in [0.3, 0.4) is 0 Å². The third kappa shape index (κ3) is 4.53. The Bertz CT molecular complexity index is 281. The summed E-state index contributed by atoms with van der Waals surface area (Å²) in [4.78, 5) is 11.1. The highest BCUT2D eigenvalue weighted by molar-refractivity contribution is 5.66. The van der Waals surface area contributed by atoms with Crippen LogP contribution in [0.2, 0.25) is 0 Å². The van der Waals surface area contributed by atoms with E-state index in [1.54, 1.807) is 5.57 Å². The van der Waals surface area contributed by atoms with Gasteiger partial charge >= 0.3 is 5.97 Å². The van der Waals surface area contributed by atoms with Crippen LogP contribution in [0.4, 0.5) is 0 Å². The van der Waals surface area contributed by atoms with Crippen molar-refractivity contribution in [2.24, 2.45) is 11.8 Å². The normalized spacial score (nSPS) is 33.9. The van der Waals surface area contributed by atoms with Crippen LogP contribution in [0.25, 0.3) is 0 Å². The summed E-state index contributed by atoms with van der Waals surface area (Å²) in [5, 5.41) is 0. The summed E-state index contributed by atoms with van der Waals surface area (Å²) in [5.74, 6) is 0.975. The Morgan fingerprint density at radius 3 is 2.71 bits per heavy atom. The van der Waals surface area contributed by atoms with Crippen LogP contribution >= 0.6 is 0 Å². The van der Waals surface area contributed by atoms with Gasteiger partial charge in [0.2, 0.25) is 0 Å². The average Bonchev–Trinajstić information content (AvgIpc) is 2.32. The summed E-state index contributed by atoms with van der Waals surface area (Å²) >= 11 is 0. The van der Waals surface area contributed by atoms with Crippen molar-refractivity contribution in [3.63, 3.8) is 0 Å². The molecule has 2 heteroatoms. The second kappa shape index (κ2) is 6.83. The SMILES string of the molecule is CC/C1=C/CC(C)[C@@H](OC(C)=O)CCC[C@@H]1C. The Labute approximate surface area is 105 Å². The predicted octanol–water partition coefficient (Wildman–Crippen LogP) is 4.10. The molecule has 0 aliphatic heterocycles. The minimum Gasteiger partial charge on any atom is -0.462 e. The van der Waals surface area contributed by atoms with Gasteiger partial charge in [0, 0.05) is 6.92 Å². The lowest BCUT2D eigenvalue weighted by Gasteiger charge is -2.22. The van der Waals surface area contributed by atoms with E-state index in [1.165, 1.54) is 13.3 Å². The lowest BCUT2D eigenvalue weighted by Crippen LogP contribution is -2.23. The van der Waals surface area contributed by atoms with Crippen molar-refractivity contribution >= 4 is 5.97 Å². The van der Waals surface area contributed by atoms with Crippen LogP contribution in [-0.4, -0.2) is 12.1 Å². The lowest BCUT2D eigenvalue weighted by atomic mass is 9.93. The van der Waals surface area contributed by atoms with E-state index in [-0.39, 0.29) is 12.1 Å². The molecule has 3 atom stereocenters. The zero-order valence-corrected chi connectivity index (χ0v) is 11.7. The highest BCUT2D eigenvalue weighted by Gasteiger charge is 2.22. The molecule has 0 aromatic rings. The maximum absolute atomic E-state index is 11.1. The van der Waals surface area contributed by atoms with Gasteiger partial charge in [0.25, 0.3) is 0 Å². The van der Waals surface area contributed by atoms with Crippen molar-refractivity contribution in [2.75, 3.05) is 0 Å². The second-order valence-electron chi connectivity index (χ2n) is 5.33. The topological polar surface area (TPSA) is 26.3 Å². The number of carbonyl (C=O) groups is 1. The van der Waals surface area contributed by atoms with Gasteiger partial charge in [-0.25, -0.2) is 0 Å². The number of rotatable bonds is 2. The number of ether oxygens (including phenoxy) is 1. The average molecular weight is 238 g/mol. The van der Waals surface area contributed by atoms with E-state index in [1.807, 2.05) is 0 Å². The molecule has 2 nitrogen and oxygen atoms in total. The first-order valence-electron chi connectivity index (χ1n) is 6.90. The molecule has 0 fully saturated rings. The van der Waals surface area contributed by atoms with Crippen molar-refractivity contribution in [1.29, 1.82) is 0 Å². The maximum atomic E-state index is 11.1. The fraction of sp³-hybridized carbons (Fsp3) is 0.800.